The van der Waals surface area contributed by atoms with E-state index < -0.39 is 0 Å². The number of aryl methyl sites for hydroxylation is 1. The molecule has 1 saturated carbocycles. The Morgan fingerprint density at radius 2 is 1.95 bits per heavy atom. The van der Waals surface area contributed by atoms with E-state index in [0.717, 1.165) is 6.54 Å². The summed E-state index contributed by atoms with van der Waals surface area (Å²) >= 11 is 0. The molecule has 4 heteroatoms. The topological polar surface area (TPSA) is 39.1 Å². The number of rotatable bonds is 6. The van der Waals surface area contributed by atoms with Crippen molar-refractivity contribution >= 4 is 5.69 Å². The second-order valence-electron chi connectivity index (χ2n) is 5.83. The normalized spacial score (nSPS) is 15.0. The van der Waals surface area contributed by atoms with Gasteiger partial charge in [0.25, 0.3) is 0 Å². The average molecular weight is 285 g/mol. The molecular formula is C17H23N3O. The predicted molar refractivity (Wildman–Crippen MR) is 84.3 cm³/mol. The molecule has 0 bridgehead atoms. The molecule has 1 aliphatic rings. The summed E-state index contributed by atoms with van der Waals surface area (Å²) in [6.07, 6.45) is 5.98. The molecule has 3 rings (SSSR count). The van der Waals surface area contributed by atoms with Crippen molar-refractivity contribution in [3.05, 3.63) is 47.3 Å². The van der Waals surface area contributed by atoms with E-state index in [0.29, 0.717) is 12.5 Å². The minimum absolute atomic E-state index is 0.651. The first kappa shape index (κ1) is 14.1. The lowest BCUT2D eigenvalue weighted by Gasteiger charge is -2.24. The zero-order valence-corrected chi connectivity index (χ0v) is 12.8. The van der Waals surface area contributed by atoms with Gasteiger partial charge in [-0.3, -0.25) is 4.68 Å². The van der Waals surface area contributed by atoms with E-state index in [1.165, 1.54) is 41.8 Å². The van der Waals surface area contributed by atoms with Crippen molar-refractivity contribution in [3.63, 3.8) is 0 Å². The van der Waals surface area contributed by atoms with Crippen LogP contribution in [0.25, 0.3) is 0 Å². The van der Waals surface area contributed by atoms with Crippen LogP contribution in [0.5, 0.6) is 0 Å². The Morgan fingerprint density at radius 3 is 2.57 bits per heavy atom. The highest BCUT2D eigenvalue weighted by Gasteiger charge is 2.25. The van der Waals surface area contributed by atoms with Gasteiger partial charge in [-0.05, 0) is 24.0 Å². The molecule has 0 radical (unpaired) electrons. The van der Waals surface area contributed by atoms with E-state index >= 15 is 0 Å². The predicted octanol–water partition coefficient (Wildman–Crippen LogP) is 3.45. The smallest absolute Gasteiger partial charge is 0.0886 e. The van der Waals surface area contributed by atoms with Crippen molar-refractivity contribution in [2.45, 2.75) is 38.3 Å². The summed E-state index contributed by atoms with van der Waals surface area (Å²) in [5, 5.41) is 8.16. The van der Waals surface area contributed by atoms with Crippen LogP contribution >= 0.6 is 0 Å². The van der Waals surface area contributed by atoms with Gasteiger partial charge < -0.3 is 10.1 Å². The fourth-order valence-corrected chi connectivity index (χ4v) is 2.74. The summed E-state index contributed by atoms with van der Waals surface area (Å²) in [5.41, 5.74) is 4.90. The van der Waals surface area contributed by atoms with Crippen molar-refractivity contribution in [2.24, 2.45) is 7.05 Å². The number of benzene rings is 1. The molecule has 1 aliphatic carbocycles. The van der Waals surface area contributed by atoms with Gasteiger partial charge in [-0.2, -0.15) is 5.10 Å². The lowest BCUT2D eigenvalue weighted by atomic mass is 9.82. The lowest BCUT2D eigenvalue weighted by molar-refractivity contribution is 0.185. The van der Waals surface area contributed by atoms with Crippen LogP contribution in [-0.2, 0) is 24.9 Å². The Labute approximate surface area is 126 Å². The van der Waals surface area contributed by atoms with Crippen LogP contribution in [0.4, 0.5) is 5.69 Å². The molecule has 0 saturated heterocycles. The largest absolute Gasteiger partial charge is 0.380 e. The Bertz CT molecular complexity index is 585. The van der Waals surface area contributed by atoms with E-state index in [-0.39, 0.29) is 0 Å². The average Bonchev–Trinajstić information content (AvgIpc) is 2.77. The van der Waals surface area contributed by atoms with Crippen LogP contribution in [0.2, 0.25) is 0 Å². The number of anilines is 1. The number of nitrogens with zero attached hydrogens (tertiary/aromatic N) is 2. The molecule has 112 valence electrons. The third-order valence-corrected chi connectivity index (χ3v) is 4.17. The maximum absolute atomic E-state index is 5.13. The molecule has 1 N–H and O–H groups in total. The Kier molecular flexibility index (Phi) is 4.25. The summed E-state index contributed by atoms with van der Waals surface area (Å²) < 4.78 is 7.05. The molecule has 0 unspecified atom stereocenters. The standard InChI is InChI=1S/C17H23N3O/c1-20-11-16(17(19-20)15-4-3-5-15)18-10-13-6-8-14(9-7-13)12-21-2/h6-9,11,15,18H,3-5,10,12H2,1-2H3. The Balaban J connectivity index is 1.64. The van der Waals surface area contributed by atoms with Crippen molar-refractivity contribution in [1.29, 1.82) is 0 Å². The monoisotopic (exact) mass is 285 g/mol. The van der Waals surface area contributed by atoms with Crippen molar-refractivity contribution in [2.75, 3.05) is 12.4 Å². The van der Waals surface area contributed by atoms with E-state index in [1.54, 1.807) is 7.11 Å². The molecular weight excluding hydrogens is 262 g/mol. The molecule has 0 atom stereocenters. The summed E-state index contributed by atoms with van der Waals surface area (Å²) in [6.45, 7) is 1.50. The number of hydrogen-bond donors (Lipinski definition) is 1. The zero-order chi connectivity index (χ0) is 14.7. The summed E-state index contributed by atoms with van der Waals surface area (Å²) in [6, 6.07) is 8.55. The number of nitrogens with one attached hydrogen (secondary N) is 1. The first-order valence-electron chi connectivity index (χ1n) is 7.60. The molecule has 2 aromatic rings. The van der Waals surface area contributed by atoms with Crippen LogP contribution < -0.4 is 5.32 Å². The molecule has 0 aliphatic heterocycles. The van der Waals surface area contributed by atoms with E-state index in [4.69, 9.17) is 4.74 Å². The highest BCUT2D eigenvalue weighted by molar-refractivity contribution is 5.49. The molecule has 0 spiro atoms. The van der Waals surface area contributed by atoms with Crippen LogP contribution in [0.1, 0.15) is 42.0 Å². The van der Waals surface area contributed by atoms with E-state index in [2.05, 4.69) is 40.9 Å². The number of ether oxygens (including phenoxy) is 1. The molecule has 4 nitrogen and oxygen atoms in total. The fraction of sp³-hybridized carbons (Fsp3) is 0.471. The van der Waals surface area contributed by atoms with Crippen LogP contribution in [0.15, 0.2) is 30.5 Å². The van der Waals surface area contributed by atoms with Crippen molar-refractivity contribution in [1.82, 2.24) is 9.78 Å². The minimum atomic E-state index is 0.651. The van der Waals surface area contributed by atoms with Gasteiger partial charge in [0.1, 0.15) is 0 Å². The van der Waals surface area contributed by atoms with Gasteiger partial charge in [-0.25, -0.2) is 0 Å². The van der Waals surface area contributed by atoms with Gasteiger partial charge in [-0.1, -0.05) is 30.7 Å². The van der Waals surface area contributed by atoms with Crippen LogP contribution in [-0.4, -0.2) is 16.9 Å². The van der Waals surface area contributed by atoms with Gasteiger partial charge in [0.05, 0.1) is 18.0 Å². The zero-order valence-electron chi connectivity index (χ0n) is 12.8. The second kappa shape index (κ2) is 6.31. The number of hydrogen-bond acceptors (Lipinski definition) is 3. The molecule has 0 amide bonds. The lowest BCUT2D eigenvalue weighted by Crippen LogP contribution is -2.12. The maximum Gasteiger partial charge on any atom is 0.0886 e. The number of methoxy groups -OCH3 is 1. The highest BCUT2D eigenvalue weighted by Crippen LogP contribution is 2.38. The summed E-state index contributed by atoms with van der Waals surface area (Å²) in [7, 11) is 3.72. The molecule has 1 aromatic heterocycles. The SMILES string of the molecule is COCc1ccc(CNc2cn(C)nc2C2CCC2)cc1. The molecule has 1 aromatic carbocycles. The van der Waals surface area contributed by atoms with Crippen LogP contribution in [0, 0.1) is 0 Å². The summed E-state index contributed by atoms with van der Waals surface area (Å²) in [5.74, 6) is 0.651. The molecule has 1 fully saturated rings. The minimum Gasteiger partial charge on any atom is -0.380 e. The van der Waals surface area contributed by atoms with Gasteiger partial charge in [-0.15, -0.1) is 0 Å². The first-order chi connectivity index (χ1) is 10.3. The quantitative estimate of drug-likeness (QED) is 0.883. The maximum atomic E-state index is 5.13. The van der Waals surface area contributed by atoms with Crippen molar-refractivity contribution in [3.8, 4) is 0 Å². The van der Waals surface area contributed by atoms with Crippen LogP contribution in [0.3, 0.4) is 0 Å². The van der Waals surface area contributed by atoms with Gasteiger partial charge in [0.2, 0.25) is 0 Å². The van der Waals surface area contributed by atoms with Gasteiger partial charge in [0, 0.05) is 32.8 Å². The Morgan fingerprint density at radius 1 is 1.24 bits per heavy atom. The van der Waals surface area contributed by atoms with Crippen molar-refractivity contribution < 1.29 is 4.74 Å². The van der Waals surface area contributed by atoms with Gasteiger partial charge in [0.15, 0.2) is 0 Å². The van der Waals surface area contributed by atoms with E-state index in [9.17, 15) is 0 Å². The first-order valence-corrected chi connectivity index (χ1v) is 7.60. The third kappa shape index (κ3) is 3.27. The highest BCUT2D eigenvalue weighted by atomic mass is 16.5. The molecule has 21 heavy (non-hydrogen) atoms. The third-order valence-electron chi connectivity index (χ3n) is 4.17. The Hall–Kier alpha value is -1.81. The fourth-order valence-electron chi connectivity index (χ4n) is 2.74. The molecule has 1 heterocycles. The number of aromatic nitrogens is 2. The summed E-state index contributed by atoms with van der Waals surface area (Å²) in [4.78, 5) is 0. The second-order valence-corrected chi connectivity index (χ2v) is 5.83. The van der Waals surface area contributed by atoms with E-state index in [1.807, 2.05) is 11.7 Å². The van der Waals surface area contributed by atoms with Gasteiger partial charge >= 0.3 is 0 Å².